The van der Waals surface area contributed by atoms with E-state index in [2.05, 4.69) is 44.4 Å². The summed E-state index contributed by atoms with van der Waals surface area (Å²) in [7, 11) is 0. The molecule has 4 heterocycles. The Bertz CT molecular complexity index is 895. The van der Waals surface area contributed by atoms with E-state index in [0.717, 1.165) is 51.3 Å². The van der Waals surface area contributed by atoms with E-state index in [1.165, 1.54) is 0 Å². The van der Waals surface area contributed by atoms with Crippen molar-refractivity contribution < 1.29 is 4.79 Å². The van der Waals surface area contributed by atoms with Crippen molar-refractivity contribution in [3.63, 3.8) is 0 Å². The summed E-state index contributed by atoms with van der Waals surface area (Å²) in [6, 6.07) is 0.417. The van der Waals surface area contributed by atoms with E-state index >= 15 is 0 Å². The molecule has 0 atom stereocenters. The molecule has 31 heavy (non-hydrogen) atoms. The Hall–Kier alpha value is -2.39. The van der Waals surface area contributed by atoms with Crippen LogP contribution in [0.15, 0.2) is 18.6 Å². The number of hydrogen-bond acceptors (Lipinski definition) is 7. The third-order valence-electron chi connectivity index (χ3n) is 5.61. The largest absolute Gasteiger partial charge is 0.369 e. The van der Waals surface area contributed by atoms with Crippen LogP contribution in [-0.4, -0.2) is 74.7 Å². The highest BCUT2D eigenvalue weighted by Crippen LogP contribution is 2.25. The van der Waals surface area contributed by atoms with Crippen LogP contribution in [0.5, 0.6) is 0 Å². The lowest BCUT2D eigenvalue weighted by atomic mass is 10.1. The van der Waals surface area contributed by atoms with Crippen LogP contribution in [0.4, 0.5) is 17.5 Å². The molecule has 2 aromatic heterocycles. The fraction of sp³-hybridized carbons (Fsp3) is 0.619. The molecule has 1 amide bonds. The predicted molar refractivity (Wildman–Crippen MR) is 122 cm³/mol. The van der Waals surface area contributed by atoms with Crippen LogP contribution >= 0.6 is 11.6 Å². The Morgan fingerprint density at radius 3 is 2.87 bits per heavy atom. The molecule has 9 nitrogen and oxygen atoms in total. The molecule has 2 aliphatic heterocycles. The molecule has 2 aliphatic rings. The number of anilines is 3. The number of nitrogens with zero attached hydrogens (tertiary/aromatic N) is 6. The first kappa shape index (κ1) is 21.8. The van der Waals surface area contributed by atoms with E-state index in [0.29, 0.717) is 41.7 Å². The summed E-state index contributed by atoms with van der Waals surface area (Å²) in [5.74, 6) is 1.99. The lowest BCUT2D eigenvalue weighted by molar-refractivity contribution is -0.127. The highest BCUT2D eigenvalue weighted by Gasteiger charge is 2.29. The third-order valence-corrected chi connectivity index (χ3v) is 5.88. The molecule has 0 spiro atoms. The molecule has 0 aliphatic carbocycles. The van der Waals surface area contributed by atoms with E-state index < -0.39 is 0 Å². The number of amides is 1. The normalized spacial score (nSPS) is 17.4. The maximum absolute atomic E-state index is 11.7. The Morgan fingerprint density at radius 2 is 2.13 bits per heavy atom. The number of hydrogen-bond donors (Lipinski definition) is 2. The van der Waals surface area contributed by atoms with Crippen molar-refractivity contribution >= 4 is 35.0 Å². The number of aromatic nitrogens is 4. The number of carbonyl (C=O) groups is 1. The van der Waals surface area contributed by atoms with E-state index in [1.54, 1.807) is 12.4 Å². The second kappa shape index (κ2) is 9.82. The SMILES string of the molecule is CC(C)CN1CC(n2cc(Nc3ncc(Cl)c(NCCCN4CCCC4=O)n3)cn2)C1. The predicted octanol–water partition coefficient (Wildman–Crippen LogP) is 3.01. The second-order valence-corrected chi connectivity index (χ2v) is 9.16. The Balaban J connectivity index is 1.26. The summed E-state index contributed by atoms with van der Waals surface area (Å²) in [6.07, 6.45) is 7.86. The van der Waals surface area contributed by atoms with Gasteiger partial charge in [0.05, 0.1) is 24.1 Å². The molecule has 4 rings (SSSR count). The van der Waals surface area contributed by atoms with Gasteiger partial charge in [-0.3, -0.25) is 14.4 Å². The van der Waals surface area contributed by atoms with Gasteiger partial charge in [0.1, 0.15) is 10.8 Å². The maximum atomic E-state index is 11.7. The molecule has 0 aromatic carbocycles. The Morgan fingerprint density at radius 1 is 1.29 bits per heavy atom. The molecule has 2 fully saturated rings. The second-order valence-electron chi connectivity index (χ2n) is 8.76. The zero-order valence-corrected chi connectivity index (χ0v) is 19.0. The molecule has 10 heteroatoms. The molecule has 2 aromatic rings. The highest BCUT2D eigenvalue weighted by atomic mass is 35.5. The van der Waals surface area contributed by atoms with Gasteiger partial charge in [-0.15, -0.1) is 0 Å². The first-order chi connectivity index (χ1) is 15.0. The summed E-state index contributed by atoms with van der Waals surface area (Å²) < 4.78 is 2.01. The van der Waals surface area contributed by atoms with Crippen LogP contribution in [0, 0.1) is 5.92 Å². The number of rotatable bonds is 10. The van der Waals surface area contributed by atoms with Crippen LogP contribution in [0.2, 0.25) is 5.02 Å². The van der Waals surface area contributed by atoms with Gasteiger partial charge in [0.15, 0.2) is 0 Å². The van der Waals surface area contributed by atoms with Gasteiger partial charge in [0, 0.05) is 51.9 Å². The van der Waals surface area contributed by atoms with Crippen molar-refractivity contribution in [2.24, 2.45) is 5.92 Å². The zero-order valence-electron chi connectivity index (χ0n) is 18.2. The van der Waals surface area contributed by atoms with Crippen LogP contribution in [0.25, 0.3) is 0 Å². The van der Waals surface area contributed by atoms with Crippen LogP contribution in [0.1, 0.15) is 39.2 Å². The summed E-state index contributed by atoms with van der Waals surface area (Å²) in [4.78, 5) is 24.8. The molecular weight excluding hydrogens is 416 g/mol. The number of likely N-dealkylation sites (tertiary alicyclic amines) is 2. The summed E-state index contributed by atoms with van der Waals surface area (Å²) in [6.45, 7) is 10.00. The number of halogens is 1. The van der Waals surface area contributed by atoms with Gasteiger partial charge >= 0.3 is 0 Å². The summed E-state index contributed by atoms with van der Waals surface area (Å²) >= 11 is 6.25. The van der Waals surface area contributed by atoms with Crippen molar-refractivity contribution in [3.8, 4) is 0 Å². The van der Waals surface area contributed by atoms with Crippen LogP contribution in [0.3, 0.4) is 0 Å². The molecule has 0 saturated carbocycles. The lowest BCUT2D eigenvalue weighted by Crippen LogP contribution is -2.49. The summed E-state index contributed by atoms with van der Waals surface area (Å²) in [5, 5.41) is 11.4. The molecule has 0 bridgehead atoms. The smallest absolute Gasteiger partial charge is 0.229 e. The first-order valence-corrected chi connectivity index (χ1v) is 11.4. The van der Waals surface area contributed by atoms with Crippen molar-refractivity contribution in [3.05, 3.63) is 23.6 Å². The molecule has 168 valence electrons. The fourth-order valence-electron chi connectivity index (χ4n) is 4.08. The van der Waals surface area contributed by atoms with E-state index in [9.17, 15) is 4.79 Å². The van der Waals surface area contributed by atoms with Crippen LogP contribution < -0.4 is 10.6 Å². The molecular formula is C21H31ClN8O. The fourth-order valence-corrected chi connectivity index (χ4v) is 4.23. The minimum Gasteiger partial charge on any atom is -0.369 e. The molecule has 0 radical (unpaired) electrons. The minimum absolute atomic E-state index is 0.252. The lowest BCUT2D eigenvalue weighted by Gasteiger charge is -2.40. The van der Waals surface area contributed by atoms with E-state index in [1.807, 2.05) is 15.8 Å². The van der Waals surface area contributed by atoms with Crippen molar-refractivity contribution in [1.29, 1.82) is 0 Å². The van der Waals surface area contributed by atoms with Crippen molar-refractivity contribution in [2.45, 2.75) is 39.2 Å². The van der Waals surface area contributed by atoms with E-state index in [4.69, 9.17) is 11.6 Å². The average molecular weight is 447 g/mol. The van der Waals surface area contributed by atoms with Gasteiger partial charge in [0.25, 0.3) is 0 Å². The van der Waals surface area contributed by atoms with Gasteiger partial charge in [0.2, 0.25) is 11.9 Å². The van der Waals surface area contributed by atoms with E-state index in [-0.39, 0.29) is 5.91 Å². The van der Waals surface area contributed by atoms with Crippen molar-refractivity contribution in [2.75, 3.05) is 49.9 Å². The first-order valence-electron chi connectivity index (χ1n) is 11.1. The monoisotopic (exact) mass is 446 g/mol. The topological polar surface area (TPSA) is 91.2 Å². The van der Waals surface area contributed by atoms with Gasteiger partial charge < -0.3 is 15.5 Å². The van der Waals surface area contributed by atoms with Gasteiger partial charge in [-0.25, -0.2) is 4.98 Å². The highest BCUT2D eigenvalue weighted by molar-refractivity contribution is 6.32. The number of carbonyl (C=O) groups excluding carboxylic acids is 1. The maximum Gasteiger partial charge on any atom is 0.229 e. The molecule has 2 N–H and O–H groups in total. The molecule has 0 unspecified atom stereocenters. The zero-order chi connectivity index (χ0) is 21.8. The van der Waals surface area contributed by atoms with Crippen LogP contribution in [-0.2, 0) is 4.79 Å². The van der Waals surface area contributed by atoms with Gasteiger partial charge in [-0.2, -0.15) is 10.1 Å². The van der Waals surface area contributed by atoms with Gasteiger partial charge in [-0.1, -0.05) is 25.4 Å². The molecule has 2 saturated heterocycles. The van der Waals surface area contributed by atoms with Gasteiger partial charge in [-0.05, 0) is 18.8 Å². The van der Waals surface area contributed by atoms with Crippen molar-refractivity contribution in [1.82, 2.24) is 29.5 Å². The summed E-state index contributed by atoms with van der Waals surface area (Å²) in [5.41, 5.74) is 0.850. The third kappa shape index (κ3) is 5.65. The Labute approximate surface area is 188 Å². The number of nitrogens with one attached hydrogen (secondary N) is 2. The standard InChI is InChI=1S/C21H31ClN8O/c1-15(2)11-28-13-17(14-28)30-12-16(9-25-30)26-21-24-10-18(22)20(27-21)23-6-4-8-29-7-3-5-19(29)31/h9-10,12,15,17H,3-8,11,13-14H2,1-2H3,(H2,23,24,26,27). The average Bonchev–Trinajstić information content (AvgIpc) is 3.32. The minimum atomic E-state index is 0.252. The quantitative estimate of drug-likeness (QED) is 0.542. The Kier molecular flexibility index (Phi) is 6.92.